The number of β-amino-alcohol motifs (C(OH)–C–C–N with tert-alkyl or cyclic N) is 1. The van der Waals surface area contributed by atoms with Crippen LogP contribution >= 0.6 is 0 Å². The maximum Gasteiger partial charge on any atom is 0.254 e. The van der Waals surface area contributed by atoms with Gasteiger partial charge >= 0.3 is 0 Å². The number of hydrogen-bond donors (Lipinski definition) is 1. The Balaban J connectivity index is 1.75. The zero-order chi connectivity index (χ0) is 15.7. The van der Waals surface area contributed by atoms with Crippen molar-refractivity contribution in [1.29, 1.82) is 0 Å². The molecule has 1 aliphatic heterocycles. The third-order valence-corrected chi connectivity index (χ3v) is 4.58. The molecule has 0 radical (unpaired) electrons. The van der Waals surface area contributed by atoms with E-state index in [-0.39, 0.29) is 18.4 Å². The first-order valence-corrected chi connectivity index (χ1v) is 7.89. The molecule has 2 aliphatic rings. The predicted molar refractivity (Wildman–Crippen MR) is 82.6 cm³/mol. The van der Waals surface area contributed by atoms with Crippen molar-refractivity contribution in [2.45, 2.75) is 32.3 Å². The van der Waals surface area contributed by atoms with E-state index in [2.05, 4.69) is 0 Å². The fraction of sp³-hybridized carbons (Fsp3) is 0.529. The average Bonchev–Trinajstić information content (AvgIpc) is 2.87. The minimum Gasteiger partial charge on any atom is -0.389 e. The number of benzene rings is 1. The molecule has 118 valence electrons. The van der Waals surface area contributed by atoms with Gasteiger partial charge in [-0.1, -0.05) is 6.07 Å². The van der Waals surface area contributed by atoms with Gasteiger partial charge in [-0.05, 0) is 42.5 Å². The Hall–Kier alpha value is -1.88. The van der Waals surface area contributed by atoms with Crippen LogP contribution in [0.3, 0.4) is 0 Å². The van der Waals surface area contributed by atoms with E-state index < -0.39 is 6.10 Å². The number of fused-ring (bicyclic) bond motifs is 1. The van der Waals surface area contributed by atoms with Gasteiger partial charge in [0.1, 0.15) is 0 Å². The fourth-order valence-corrected chi connectivity index (χ4v) is 3.35. The number of hydrogen-bond acceptors (Lipinski definition) is 3. The van der Waals surface area contributed by atoms with Crippen molar-refractivity contribution >= 4 is 11.8 Å². The summed E-state index contributed by atoms with van der Waals surface area (Å²) in [5.74, 6) is -0.120. The lowest BCUT2D eigenvalue weighted by atomic mass is 10.1. The van der Waals surface area contributed by atoms with Crippen molar-refractivity contribution in [1.82, 2.24) is 9.80 Å². The van der Waals surface area contributed by atoms with Gasteiger partial charge in [-0.15, -0.1) is 0 Å². The van der Waals surface area contributed by atoms with Gasteiger partial charge in [-0.2, -0.15) is 0 Å². The minimum atomic E-state index is -0.690. The highest BCUT2D eigenvalue weighted by Crippen LogP contribution is 2.23. The lowest BCUT2D eigenvalue weighted by Gasteiger charge is -2.22. The summed E-state index contributed by atoms with van der Waals surface area (Å²) in [7, 11) is 0. The molecule has 2 amide bonds. The molecule has 5 nitrogen and oxygen atoms in total. The van der Waals surface area contributed by atoms with Crippen LogP contribution < -0.4 is 0 Å². The SMILES string of the molecule is CC(=O)N1CCN(C(=O)c2ccc3c(c2)CCC3)CC(O)C1. The van der Waals surface area contributed by atoms with Crippen LogP contribution in [0.5, 0.6) is 0 Å². The molecule has 1 unspecified atom stereocenters. The molecule has 1 atom stereocenters. The molecule has 22 heavy (non-hydrogen) atoms. The standard InChI is InChI=1S/C17H22N2O3/c1-12(20)18-7-8-19(11-16(21)10-18)17(22)15-6-5-13-3-2-4-14(13)9-15/h5-6,9,16,21H,2-4,7-8,10-11H2,1H3. The summed E-state index contributed by atoms with van der Waals surface area (Å²) in [5.41, 5.74) is 3.30. The summed E-state index contributed by atoms with van der Waals surface area (Å²) < 4.78 is 0. The fourth-order valence-electron chi connectivity index (χ4n) is 3.35. The van der Waals surface area contributed by atoms with E-state index in [9.17, 15) is 14.7 Å². The first-order valence-electron chi connectivity index (χ1n) is 7.89. The Labute approximate surface area is 130 Å². The van der Waals surface area contributed by atoms with E-state index in [1.165, 1.54) is 18.1 Å². The van der Waals surface area contributed by atoms with Gasteiger partial charge in [0, 0.05) is 38.7 Å². The van der Waals surface area contributed by atoms with Crippen LogP contribution in [0.4, 0.5) is 0 Å². The second-order valence-electron chi connectivity index (χ2n) is 6.21. The van der Waals surface area contributed by atoms with E-state index in [1.54, 1.807) is 9.80 Å². The van der Waals surface area contributed by atoms with Crippen molar-refractivity contribution in [3.8, 4) is 0 Å². The number of aliphatic hydroxyl groups is 1. The number of amides is 2. The van der Waals surface area contributed by atoms with Crippen molar-refractivity contribution in [3.63, 3.8) is 0 Å². The van der Waals surface area contributed by atoms with Gasteiger partial charge in [-0.3, -0.25) is 9.59 Å². The molecule has 0 spiro atoms. The summed E-state index contributed by atoms with van der Waals surface area (Å²) >= 11 is 0. The predicted octanol–water partition coefficient (Wildman–Crippen LogP) is 0.840. The van der Waals surface area contributed by atoms with Crippen LogP contribution in [-0.4, -0.2) is 59.0 Å². The number of aliphatic hydroxyl groups excluding tert-OH is 1. The Morgan fingerprint density at radius 2 is 1.77 bits per heavy atom. The van der Waals surface area contributed by atoms with Crippen molar-refractivity contribution in [2.24, 2.45) is 0 Å². The quantitative estimate of drug-likeness (QED) is 0.836. The minimum absolute atomic E-state index is 0.0563. The van der Waals surface area contributed by atoms with E-state index in [4.69, 9.17) is 0 Å². The van der Waals surface area contributed by atoms with Gasteiger partial charge in [0.15, 0.2) is 0 Å². The molecule has 0 aromatic heterocycles. The summed E-state index contributed by atoms with van der Waals surface area (Å²) in [4.78, 5) is 27.4. The Morgan fingerprint density at radius 1 is 1.09 bits per heavy atom. The zero-order valence-electron chi connectivity index (χ0n) is 12.9. The smallest absolute Gasteiger partial charge is 0.254 e. The first-order chi connectivity index (χ1) is 10.5. The molecule has 3 rings (SSSR count). The van der Waals surface area contributed by atoms with Crippen LogP contribution in [-0.2, 0) is 17.6 Å². The highest BCUT2D eigenvalue weighted by Gasteiger charge is 2.26. The number of carbonyl (C=O) groups excluding carboxylic acids is 2. The molecule has 0 saturated carbocycles. The molecular weight excluding hydrogens is 280 g/mol. The largest absolute Gasteiger partial charge is 0.389 e. The van der Waals surface area contributed by atoms with Crippen LogP contribution in [0, 0.1) is 0 Å². The summed E-state index contributed by atoms with van der Waals surface area (Å²) in [6.45, 7) is 3.00. The average molecular weight is 302 g/mol. The molecule has 1 fully saturated rings. The Kier molecular flexibility index (Phi) is 4.16. The molecular formula is C17H22N2O3. The molecule has 1 aliphatic carbocycles. The number of rotatable bonds is 1. The van der Waals surface area contributed by atoms with Gasteiger partial charge in [0.2, 0.25) is 5.91 Å². The molecule has 1 aromatic carbocycles. The third kappa shape index (κ3) is 2.99. The lowest BCUT2D eigenvalue weighted by molar-refractivity contribution is -0.129. The molecule has 1 saturated heterocycles. The maximum atomic E-state index is 12.7. The topological polar surface area (TPSA) is 60.9 Å². The molecule has 1 N–H and O–H groups in total. The highest BCUT2D eigenvalue weighted by atomic mass is 16.3. The van der Waals surface area contributed by atoms with Crippen LogP contribution in [0.25, 0.3) is 0 Å². The van der Waals surface area contributed by atoms with Crippen molar-refractivity contribution < 1.29 is 14.7 Å². The van der Waals surface area contributed by atoms with E-state index >= 15 is 0 Å². The van der Waals surface area contributed by atoms with E-state index in [0.717, 1.165) is 19.3 Å². The van der Waals surface area contributed by atoms with Crippen LogP contribution in [0.1, 0.15) is 34.8 Å². The van der Waals surface area contributed by atoms with Gasteiger partial charge in [0.25, 0.3) is 5.91 Å². The van der Waals surface area contributed by atoms with Crippen LogP contribution in [0.2, 0.25) is 0 Å². The molecule has 1 heterocycles. The maximum absolute atomic E-state index is 12.7. The summed E-state index contributed by atoms with van der Waals surface area (Å²) in [6, 6.07) is 5.92. The molecule has 1 aromatic rings. The second-order valence-corrected chi connectivity index (χ2v) is 6.21. The number of aryl methyl sites for hydroxylation is 2. The molecule has 5 heteroatoms. The normalized spacial score (nSPS) is 21.5. The lowest BCUT2D eigenvalue weighted by Crippen LogP contribution is -2.37. The summed E-state index contributed by atoms with van der Waals surface area (Å²) in [5, 5.41) is 10.0. The summed E-state index contributed by atoms with van der Waals surface area (Å²) in [6.07, 6.45) is 2.60. The first kappa shape index (κ1) is 15.0. The van der Waals surface area contributed by atoms with E-state index in [1.807, 2.05) is 18.2 Å². The van der Waals surface area contributed by atoms with Gasteiger partial charge < -0.3 is 14.9 Å². The van der Waals surface area contributed by atoms with Gasteiger partial charge in [-0.25, -0.2) is 0 Å². The zero-order valence-corrected chi connectivity index (χ0v) is 12.9. The molecule has 0 bridgehead atoms. The Morgan fingerprint density at radius 3 is 2.55 bits per heavy atom. The third-order valence-electron chi connectivity index (χ3n) is 4.58. The van der Waals surface area contributed by atoms with Crippen molar-refractivity contribution in [2.75, 3.05) is 26.2 Å². The Bertz CT molecular complexity index is 600. The highest BCUT2D eigenvalue weighted by molar-refractivity contribution is 5.94. The van der Waals surface area contributed by atoms with Crippen molar-refractivity contribution in [3.05, 3.63) is 34.9 Å². The second kappa shape index (κ2) is 6.08. The number of carbonyl (C=O) groups is 2. The number of nitrogens with zero attached hydrogens (tertiary/aromatic N) is 2. The monoisotopic (exact) mass is 302 g/mol. The van der Waals surface area contributed by atoms with Gasteiger partial charge in [0.05, 0.1) is 6.10 Å². The van der Waals surface area contributed by atoms with E-state index in [0.29, 0.717) is 25.2 Å². The van der Waals surface area contributed by atoms with Crippen LogP contribution in [0.15, 0.2) is 18.2 Å².